The Hall–Kier alpha value is -0.940. The Morgan fingerprint density at radius 3 is 3.07 bits per heavy atom. The summed E-state index contributed by atoms with van der Waals surface area (Å²) in [6.07, 6.45) is 1.46. The molecule has 1 rings (SSSR count). The Balaban J connectivity index is 2.58. The van der Waals surface area contributed by atoms with Gasteiger partial charge in [-0.25, -0.2) is 9.78 Å². The first-order valence-electron chi connectivity index (χ1n) is 5.02. The molecule has 0 saturated carbocycles. The van der Waals surface area contributed by atoms with Gasteiger partial charge in [-0.3, -0.25) is 0 Å². The topological polar surface area (TPSA) is 65.2 Å². The van der Waals surface area contributed by atoms with E-state index in [9.17, 15) is 4.79 Å². The van der Waals surface area contributed by atoms with Crippen LogP contribution in [-0.2, 0) is 11.2 Å². The summed E-state index contributed by atoms with van der Waals surface area (Å²) < 4.78 is 5.15. The summed E-state index contributed by atoms with van der Waals surface area (Å²) in [6.45, 7) is 4.39. The van der Waals surface area contributed by atoms with E-state index in [1.165, 1.54) is 11.3 Å². The molecule has 1 atom stereocenters. The van der Waals surface area contributed by atoms with Crippen molar-refractivity contribution < 1.29 is 9.53 Å². The van der Waals surface area contributed by atoms with Gasteiger partial charge in [0.15, 0.2) is 5.69 Å². The lowest BCUT2D eigenvalue weighted by Gasteiger charge is -2.08. The Morgan fingerprint density at radius 1 is 1.73 bits per heavy atom. The average Bonchev–Trinajstić information content (AvgIpc) is 2.67. The molecule has 1 aromatic rings. The second kappa shape index (κ2) is 5.82. The lowest BCUT2D eigenvalue weighted by Crippen LogP contribution is -2.14. The number of hydrogen-bond donors (Lipinski definition) is 1. The highest BCUT2D eigenvalue weighted by Crippen LogP contribution is 2.12. The molecule has 1 heterocycles. The standard InChI is InChI=1S/C10H16N2O2S/c1-3-7(2)14-10(13)8-6-15-9(12-8)4-5-11/h6-7H,3-5,11H2,1-2H3. The zero-order valence-electron chi connectivity index (χ0n) is 9.03. The van der Waals surface area contributed by atoms with Gasteiger partial charge in [0, 0.05) is 11.8 Å². The predicted molar refractivity (Wildman–Crippen MR) is 60.0 cm³/mol. The molecule has 0 aliphatic heterocycles. The van der Waals surface area contributed by atoms with E-state index in [0.717, 1.165) is 11.4 Å². The normalized spacial score (nSPS) is 12.5. The molecule has 1 unspecified atom stereocenters. The van der Waals surface area contributed by atoms with E-state index in [2.05, 4.69) is 4.98 Å². The number of thiazole rings is 1. The molecule has 0 spiro atoms. The second-order valence-corrected chi connectivity index (χ2v) is 4.23. The summed E-state index contributed by atoms with van der Waals surface area (Å²) in [4.78, 5) is 15.7. The smallest absolute Gasteiger partial charge is 0.358 e. The lowest BCUT2D eigenvalue weighted by molar-refractivity contribution is 0.0328. The lowest BCUT2D eigenvalue weighted by atomic mass is 10.3. The first-order chi connectivity index (χ1) is 7.17. The fourth-order valence-electron chi connectivity index (χ4n) is 0.969. The van der Waals surface area contributed by atoms with Crippen LogP contribution in [0.5, 0.6) is 0 Å². The molecule has 0 amide bonds. The number of hydrogen-bond acceptors (Lipinski definition) is 5. The first-order valence-corrected chi connectivity index (χ1v) is 5.90. The summed E-state index contributed by atoms with van der Waals surface area (Å²) in [5, 5.41) is 2.60. The minimum Gasteiger partial charge on any atom is -0.458 e. The van der Waals surface area contributed by atoms with Crippen LogP contribution in [0.4, 0.5) is 0 Å². The van der Waals surface area contributed by atoms with Crippen molar-refractivity contribution in [3.8, 4) is 0 Å². The zero-order valence-corrected chi connectivity index (χ0v) is 9.84. The molecule has 2 N–H and O–H groups in total. The molecule has 15 heavy (non-hydrogen) atoms. The third kappa shape index (κ3) is 3.60. The average molecular weight is 228 g/mol. The molecule has 1 aromatic heterocycles. The number of carbonyl (C=O) groups excluding carboxylic acids is 1. The Bertz CT molecular complexity index is 325. The van der Waals surface area contributed by atoms with E-state index in [-0.39, 0.29) is 12.1 Å². The molecule has 0 saturated heterocycles. The van der Waals surface area contributed by atoms with E-state index < -0.39 is 0 Å². The molecule has 84 valence electrons. The maximum atomic E-state index is 11.5. The van der Waals surface area contributed by atoms with E-state index in [1.807, 2.05) is 13.8 Å². The molecule has 0 aromatic carbocycles. The minimum absolute atomic E-state index is 0.0582. The third-order valence-corrected chi connectivity index (χ3v) is 2.91. The van der Waals surface area contributed by atoms with Crippen molar-refractivity contribution in [3.63, 3.8) is 0 Å². The fraction of sp³-hybridized carbons (Fsp3) is 0.600. The van der Waals surface area contributed by atoms with E-state index >= 15 is 0 Å². The number of esters is 1. The van der Waals surface area contributed by atoms with Gasteiger partial charge in [0.2, 0.25) is 0 Å². The predicted octanol–water partition coefficient (Wildman–Crippen LogP) is 1.60. The highest BCUT2D eigenvalue weighted by atomic mass is 32.1. The Kier molecular flexibility index (Phi) is 4.71. The number of aromatic nitrogens is 1. The number of rotatable bonds is 5. The van der Waals surface area contributed by atoms with Crippen LogP contribution in [0.2, 0.25) is 0 Å². The molecule has 0 aliphatic rings. The second-order valence-electron chi connectivity index (χ2n) is 3.29. The van der Waals surface area contributed by atoms with Gasteiger partial charge in [-0.2, -0.15) is 0 Å². The Labute approximate surface area is 93.5 Å². The third-order valence-electron chi connectivity index (χ3n) is 2.00. The van der Waals surface area contributed by atoms with Gasteiger partial charge < -0.3 is 10.5 Å². The monoisotopic (exact) mass is 228 g/mol. The molecule has 0 radical (unpaired) electrons. The minimum atomic E-state index is -0.344. The van der Waals surface area contributed by atoms with Gasteiger partial charge in [-0.15, -0.1) is 11.3 Å². The van der Waals surface area contributed by atoms with Crippen molar-refractivity contribution in [1.82, 2.24) is 4.98 Å². The van der Waals surface area contributed by atoms with E-state index in [1.54, 1.807) is 5.38 Å². The van der Waals surface area contributed by atoms with Gasteiger partial charge in [0.1, 0.15) is 0 Å². The van der Waals surface area contributed by atoms with Gasteiger partial charge in [-0.05, 0) is 19.9 Å². The van der Waals surface area contributed by atoms with Gasteiger partial charge in [0.25, 0.3) is 0 Å². The van der Waals surface area contributed by atoms with E-state index in [0.29, 0.717) is 18.7 Å². The maximum absolute atomic E-state index is 11.5. The van der Waals surface area contributed by atoms with Crippen molar-refractivity contribution in [2.45, 2.75) is 32.8 Å². The number of nitrogens with zero attached hydrogens (tertiary/aromatic N) is 1. The Morgan fingerprint density at radius 2 is 2.47 bits per heavy atom. The van der Waals surface area contributed by atoms with Crippen molar-refractivity contribution in [2.75, 3.05) is 6.54 Å². The summed E-state index contributed by atoms with van der Waals surface area (Å²) in [6, 6.07) is 0. The SMILES string of the molecule is CCC(C)OC(=O)c1csc(CCN)n1. The highest BCUT2D eigenvalue weighted by molar-refractivity contribution is 7.09. The van der Waals surface area contributed by atoms with Crippen molar-refractivity contribution in [1.29, 1.82) is 0 Å². The number of ether oxygens (including phenoxy) is 1. The van der Waals surface area contributed by atoms with Crippen LogP contribution in [0, 0.1) is 0 Å². The van der Waals surface area contributed by atoms with Gasteiger partial charge in [0.05, 0.1) is 11.1 Å². The van der Waals surface area contributed by atoms with Crippen LogP contribution in [0.3, 0.4) is 0 Å². The maximum Gasteiger partial charge on any atom is 0.358 e. The van der Waals surface area contributed by atoms with Crippen molar-refractivity contribution in [2.24, 2.45) is 5.73 Å². The van der Waals surface area contributed by atoms with Crippen LogP contribution in [0.15, 0.2) is 5.38 Å². The van der Waals surface area contributed by atoms with Crippen molar-refractivity contribution >= 4 is 17.3 Å². The van der Waals surface area contributed by atoms with Gasteiger partial charge >= 0.3 is 5.97 Å². The number of carbonyl (C=O) groups is 1. The fourth-order valence-corrected chi connectivity index (χ4v) is 1.75. The summed E-state index contributed by atoms with van der Waals surface area (Å²) in [5.74, 6) is -0.344. The quantitative estimate of drug-likeness (QED) is 0.777. The molecule has 0 aliphatic carbocycles. The zero-order chi connectivity index (χ0) is 11.3. The van der Waals surface area contributed by atoms with Crippen LogP contribution in [-0.4, -0.2) is 23.6 Å². The molecule has 0 bridgehead atoms. The van der Waals surface area contributed by atoms with Crippen LogP contribution < -0.4 is 5.73 Å². The molecule has 0 fully saturated rings. The summed E-state index contributed by atoms with van der Waals surface area (Å²) in [5.41, 5.74) is 5.79. The first kappa shape index (κ1) is 12.1. The highest BCUT2D eigenvalue weighted by Gasteiger charge is 2.14. The molecule has 4 nitrogen and oxygen atoms in total. The number of nitrogens with two attached hydrogens (primary N) is 1. The molecule has 5 heteroatoms. The van der Waals surface area contributed by atoms with Crippen LogP contribution >= 0.6 is 11.3 Å². The summed E-state index contributed by atoms with van der Waals surface area (Å²) >= 11 is 1.45. The summed E-state index contributed by atoms with van der Waals surface area (Å²) in [7, 11) is 0. The van der Waals surface area contributed by atoms with Crippen molar-refractivity contribution in [3.05, 3.63) is 16.1 Å². The molecular weight excluding hydrogens is 212 g/mol. The largest absolute Gasteiger partial charge is 0.458 e. The van der Waals surface area contributed by atoms with Gasteiger partial charge in [-0.1, -0.05) is 6.92 Å². The van der Waals surface area contributed by atoms with E-state index in [4.69, 9.17) is 10.5 Å². The molecular formula is C10H16N2O2S. The van der Waals surface area contributed by atoms with Crippen LogP contribution in [0.25, 0.3) is 0 Å². The van der Waals surface area contributed by atoms with Crippen LogP contribution in [0.1, 0.15) is 35.8 Å².